The summed E-state index contributed by atoms with van der Waals surface area (Å²) < 4.78 is 0. The van der Waals surface area contributed by atoms with Crippen LogP contribution in [0.4, 0.5) is 17.1 Å². The van der Waals surface area contributed by atoms with Crippen LogP contribution in [0, 0.1) is 0 Å². The second kappa shape index (κ2) is 8.14. The number of hydrazine groups is 2. The van der Waals surface area contributed by atoms with Gasteiger partial charge in [0, 0.05) is 16.4 Å². The summed E-state index contributed by atoms with van der Waals surface area (Å²) in [4.78, 5) is 0. The van der Waals surface area contributed by atoms with Crippen molar-refractivity contribution < 1.29 is 5.11 Å². The first-order valence-corrected chi connectivity index (χ1v) is 11.7. The summed E-state index contributed by atoms with van der Waals surface area (Å²) in [7, 11) is 0. The minimum atomic E-state index is -0.407. The Bertz CT molecular complexity index is 1290. The number of para-hydroxylation sites is 2. The number of anilines is 3. The normalized spacial score (nSPS) is 13.2. The van der Waals surface area contributed by atoms with E-state index >= 15 is 0 Å². The third kappa shape index (κ3) is 3.65. The van der Waals surface area contributed by atoms with E-state index in [1.54, 1.807) is 0 Å². The number of nitrogens with one attached hydrogen (secondary N) is 2. The molecule has 1 aliphatic rings. The fourth-order valence-electron chi connectivity index (χ4n) is 4.73. The summed E-state index contributed by atoms with van der Waals surface area (Å²) >= 11 is 0. The Morgan fingerprint density at radius 3 is 1.59 bits per heavy atom. The molecule has 0 radical (unpaired) electrons. The molecule has 34 heavy (non-hydrogen) atoms. The highest BCUT2D eigenvalue weighted by atomic mass is 16.3. The van der Waals surface area contributed by atoms with Gasteiger partial charge in [-0.05, 0) is 34.9 Å². The fourth-order valence-corrected chi connectivity index (χ4v) is 4.73. The zero-order valence-corrected chi connectivity index (χ0v) is 20.1. The maximum Gasteiger partial charge on any atom is 0.147 e. The van der Waals surface area contributed by atoms with Crippen LogP contribution in [0.1, 0.15) is 49.9 Å². The molecule has 3 N–H and O–H groups in total. The van der Waals surface area contributed by atoms with Crippen molar-refractivity contribution in [2.75, 3.05) is 16.0 Å². The number of phenols is 1. The molecular formula is C30H31N3O. The number of nitrogens with zero attached hydrogens (tertiary/aromatic N) is 1. The van der Waals surface area contributed by atoms with Crippen LogP contribution in [0.15, 0.2) is 97.1 Å². The highest BCUT2D eigenvalue weighted by molar-refractivity contribution is 5.81. The van der Waals surface area contributed by atoms with Crippen LogP contribution in [0.5, 0.6) is 5.75 Å². The standard InChI is InChI=1S/C30H31N3O/c1-29(2,21-13-7-5-8-14-21)23-19-24(30(3,4)22-15-9-6-10-16-22)28(34)27(20-23)33-31-25-17-11-12-18-26(25)32-33/h5-20,31-32,34H,1-4H3. The second-order valence-corrected chi connectivity index (χ2v) is 9.98. The second-order valence-electron chi connectivity index (χ2n) is 9.98. The molecule has 4 nitrogen and oxygen atoms in total. The van der Waals surface area contributed by atoms with Gasteiger partial charge in [-0.15, -0.1) is 0 Å². The zero-order valence-electron chi connectivity index (χ0n) is 20.1. The molecule has 0 aliphatic carbocycles. The molecule has 0 aromatic heterocycles. The lowest BCUT2D eigenvalue weighted by atomic mass is 9.72. The van der Waals surface area contributed by atoms with Crippen molar-refractivity contribution in [3.63, 3.8) is 0 Å². The Kier molecular flexibility index (Phi) is 5.24. The summed E-state index contributed by atoms with van der Waals surface area (Å²) in [6.45, 7) is 8.80. The lowest BCUT2D eigenvalue weighted by Gasteiger charge is -2.34. The van der Waals surface area contributed by atoms with E-state index in [2.05, 4.69) is 87.1 Å². The Hall–Kier alpha value is -3.92. The van der Waals surface area contributed by atoms with Crippen molar-refractivity contribution in [2.24, 2.45) is 0 Å². The van der Waals surface area contributed by atoms with Gasteiger partial charge in [0.05, 0.1) is 11.4 Å². The van der Waals surface area contributed by atoms with E-state index in [4.69, 9.17) is 0 Å². The fraction of sp³-hybridized carbons (Fsp3) is 0.200. The van der Waals surface area contributed by atoms with Crippen LogP contribution in [0.3, 0.4) is 0 Å². The van der Waals surface area contributed by atoms with Gasteiger partial charge in [0.2, 0.25) is 0 Å². The average molecular weight is 450 g/mol. The SMILES string of the molecule is CC(C)(c1ccccc1)c1cc(N2Nc3ccccc3N2)c(O)c(C(C)(C)c2ccccc2)c1. The molecule has 1 heterocycles. The third-order valence-corrected chi connectivity index (χ3v) is 7.11. The van der Waals surface area contributed by atoms with Crippen molar-refractivity contribution in [2.45, 2.75) is 38.5 Å². The van der Waals surface area contributed by atoms with Crippen molar-refractivity contribution in [3.05, 3.63) is 119 Å². The predicted octanol–water partition coefficient (Wildman–Crippen LogP) is 7.22. The monoisotopic (exact) mass is 449 g/mol. The van der Waals surface area contributed by atoms with E-state index in [1.165, 1.54) is 5.56 Å². The number of rotatable bonds is 5. The summed E-state index contributed by atoms with van der Waals surface area (Å²) in [5.74, 6) is 0.259. The maximum absolute atomic E-state index is 11.7. The molecule has 0 unspecified atom stereocenters. The first-order chi connectivity index (χ1) is 16.3. The molecule has 0 atom stereocenters. The van der Waals surface area contributed by atoms with Crippen LogP contribution >= 0.6 is 0 Å². The van der Waals surface area contributed by atoms with Crippen LogP contribution in [0.2, 0.25) is 0 Å². The van der Waals surface area contributed by atoms with Crippen LogP contribution < -0.4 is 16.0 Å². The first kappa shape index (κ1) is 21.9. The Balaban J connectivity index is 1.69. The Labute approximate surface area is 201 Å². The molecule has 0 spiro atoms. The molecule has 0 amide bonds. The van der Waals surface area contributed by atoms with Crippen molar-refractivity contribution in [1.82, 2.24) is 0 Å². The quantitative estimate of drug-likeness (QED) is 0.301. The molecular weight excluding hydrogens is 418 g/mol. The molecule has 0 saturated carbocycles. The van der Waals surface area contributed by atoms with E-state index in [0.29, 0.717) is 5.69 Å². The molecule has 0 bridgehead atoms. The minimum Gasteiger partial charge on any atom is -0.505 e. The van der Waals surface area contributed by atoms with Gasteiger partial charge < -0.3 is 5.11 Å². The van der Waals surface area contributed by atoms with E-state index in [-0.39, 0.29) is 11.2 Å². The molecule has 0 saturated heterocycles. The van der Waals surface area contributed by atoms with Gasteiger partial charge in [0.25, 0.3) is 0 Å². The minimum absolute atomic E-state index is 0.259. The van der Waals surface area contributed by atoms with Gasteiger partial charge in [-0.1, -0.05) is 107 Å². The highest BCUT2D eigenvalue weighted by Crippen LogP contribution is 2.46. The number of benzene rings is 4. The first-order valence-electron chi connectivity index (χ1n) is 11.7. The van der Waals surface area contributed by atoms with Gasteiger partial charge in [-0.3, -0.25) is 10.9 Å². The summed E-state index contributed by atoms with van der Waals surface area (Å²) in [6.07, 6.45) is 0. The molecule has 4 aromatic rings. The lowest BCUT2D eigenvalue weighted by molar-refractivity contribution is 0.452. The molecule has 4 heteroatoms. The van der Waals surface area contributed by atoms with Gasteiger partial charge in [-0.25, -0.2) is 0 Å². The smallest absolute Gasteiger partial charge is 0.147 e. The molecule has 5 rings (SSSR count). The summed E-state index contributed by atoms with van der Waals surface area (Å²) in [5.41, 5.74) is 13.1. The van der Waals surface area contributed by atoms with Gasteiger partial charge in [0.1, 0.15) is 11.4 Å². The predicted molar refractivity (Wildman–Crippen MR) is 141 cm³/mol. The third-order valence-electron chi connectivity index (χ3n) is 7.11. The molecule has 172 valence electrons. The number of aromatic hydroxyl groups is 1. The molecule has 1 aliphatic heterocycles. The number of phenolic OH excluding ortho intramolecular Hbond substituents is 1. The molecule has 0 fully saturated rings. The highest BCUT2D eigenvalue weighted by Gasteiger charge is 2.34. The molecule has 4 aromatic carbocycles. The van der Waals surface area contributed by atoms with E-state index in [9.17, 15) is 5.11 Å². The van der Waals surface area contributed by atoms with Gasteiger partial charge in [-0.2, -0.15) is 5.12 Å². The van der Waals surface area contributed by atoms with Crippen molar-refractivity contribution in [3.8, 4) is 5.75 Å². The van der Waals surface area contributed by atoms with Crippen LogP contribution in [-0.4, -0.2) is 5.11 Å². The average Bonchev–Trinajstić information content (AvgIpc) is 3.29. The van der Waals surface area contributed by atoms with Gasteiger partial charge >= 0.3 is 0 Å². The van der Waals surface area contributed by atoms with Crippen molar-refractivity contribution in [1.29, 1.82) is 0 Å². The number of hydrogen-bond acceptors (Lipinski definition) is 4. The number of fused-ring (bicyclic) bond motifs is 1. The van der Waals surface area contributed by atoms with Gasteiger partial charge in [0.15, 0.2) is 0 Å². The topological polar surface area (TPSA) is 47.5 Å². The van der Waals surface area contributed by atoms with Crippen molar-refractivity contribution >= 4 is 17.1 Å². The van der Waals surface area contributed by atoms with E-state index < -0.39 is 5.41 Å². The summed E-state index contributed by atoms with van der Waals surface area (Å²) in [5, 5.41) is 13.5. The van der Waals surface area contributed by atoms with E-state index in [0.717, 1.165) is 28.1 Å². The van der Waals surface area contributed by atoms with Crippen LogP contribution in [0.25, 0.3) is 0 Å². The Morgan fingerprint density at radius 1 is 0.588 bits per heavy atom. The van der Waals surface area contributed by atoms with E-state index in [1.807, 2.05) is 53.6 Å². The maximum atomic E-state index is 11.7. The summed E-state index contributed by atoms with van der Waals surface area (Å²) in [6, 6.07) is 33.2. The van der Waals surface area contributed by atoms with Crippen LogP contribution in [-0.2, 0) is 10.8 Å². The number of hydrogen-bond donors (Lipinski definition) is 3. The zero-order chi connectivity index (χ0) is 23.9. The largest absolute Gasteiger partial charge is 0.505 e. The Morgan fingerprint density at radius 2 is 1.06 bits per heavy atom. The lowest BCUT2D eigenvalue weighted by Crippen LogP contribution is -2.31.